The molecular weight excluding hydrogens is 354 g/mol. The Morgan fingerprint density at radius 3 is 2.57 bits per heavy atom. The Bertz CT molecular complexity index is 870. The van der Waals surface area contributed by atoms with Gasteiger partial charge in [0.15, 0.2) is 17.1 Å². The van der Waals surface area contributed by atoms with Gasteiger partial charge in [-0.05, 0) is 49.4 Å². The molecule has 28 heavy (non-hydrogen) atoms. The number of benzene rings is 2. The minimum Gasteiger partial charge on any atom is -0.493 e. The number of rotatable bonds is 7. The standard InChI is InChI=1S/C22H27N3O3/c1-26-20-8-4-5-9-21(20)27-15-12-17(23)16-10-13-25(14-11-16)22-24-18-6-2-3-7-19(18)28-22/h2-9,16-17H,10-15,23H2,1H3. The van der Waals surface area contributed by atoms with Crippen LogP contribution in [0.4, 0.5) is 6.01 Å². The summed E-state index contributed by atoms with van der Waals surface area (Å²) in [5.74, 6) is 2.01. The molecule has 1 unspecified atom stereocenters. The van der Waals surface area contributed by atoms with E-state index in [1.165, 1.54) is 0 Å². The fourth-order valence-corrected chi connectivity index (χ4v) is 3.79. The summed E-state index contributed by atoms with van der Waals surface area (Å²) in [6.45, 7) is 2.42. The summed E-state index contributed by atoms with van der Waals surface area (Å²) in [6, 6.07) is 16.4. The zero-order valence-corrected chi connectivity index (χ0v) is 16.2. The highest BCUT2D eigenvalue weighted by Gasteiger charge is 2.26. The highest BCUT2D eigenvalue weighted by molar-refractivity contribution is 5.74. The van der Waals surface area contributed by atoms with Crippen molar-refractivity contribution in [1.29, 1.82) is 0 Å². The number of nitrogens with zero attached hydrogens (tertiary/aromatic N) is 2. The van der Waals surface area contributed by atoms with Gasteiger partial charge in [0.05, 0.1) is 13.7 Å². The van der Waals surface area contributed by atoms with E-state index in [9.17, 15) is 0 Å². The van der Waals surface area contributed by atoms with Crippen LogP contribution in [-0.4, -0.2) is 37.8 Å². The molecule has 0 aliphatic carbocycles. The van der Waals surface area contributed by atoms with Crippen molar-refractivity contribution in [2.45, 2.75) is 25.3 Å². The Morgan fingerprint density at radius 1 is 1.11 bits per heavy atom. The van der Waals surface area contributed by atoms with E-state index in [1.54, 1.807) is 7.11 Å². The third kappa shape index (κ3) is 4.07. The first kappa shape index (κ1) is 18.6. The predicted octanol–water partition coefficient (Wildman–Crippen LogP) is 3.85. The average molecular weight is 381 g/mol. The fourth-order valence-electron chi connectivity index (χ4n) is 3.79. The lowest BCUT2D eigenvalue weighted by atomic mass is 9.88. The van der Waals surface area contributed by atoms with Gasteiger partial charge in [-0.25, -0.2) is 0 Å². The Kier molecular flexibility index (Phi) is 5.67. The monoisotopic (exact) mass is 381 g/mol. The van der Waals surface area contributed by atoms with E-state index in [2.05, 4.69) is 9.88 Å². The van der Waals surface area contributed by atoms with Crippen molar-refractivity contribution in [3.05, 3.63) is 48.5 Å². The van der Waals surface area contributed by atoms with Crippen LogP contribution in [0.3, 0.4) is 0 Å². The quantitative estimate of drug-likeness (QED) is 0.670. The maximum atomic E-state index is 6.46. The van der Waals surface area contributed by atoms with Crippen LogP contribution < -0.4 is 20.1 Å². The fraction of sp³-hybridized carbons (Fsp3) is 0.409. The smallest absolute Gasteiger partial charge is 0.298 e. The number of anilines is 1. The molecule has 1 atom stereocenters. The lowest BCUT2D eigenvalue weighted by Gasteiger charge is -2.33. The van der Waals surface area contributed by atoms with Crippen LogP contribution >= 0.6 is 0 Å². The van der Waals surface area contributed by atoms with Crippen LogP contribution in [0.1, 0.15) is 19.3 Å². The lowest BCUT2D eigenvalue weighted by molar-refractivity contribution is 0.246. The van der Waals surface area contributed by atoms with Gasteiger partial charge < -0.3 is 24.5 Å². The number of piperidine rings is 1. The number of fused-ring (bicyclic) bond motifs is 1. The molecular formula is C22H27N3O3. The van der Waals surface area contributed by atoms with Crippen molar-refractivity contribution in [3.8, 4) is 11.5 Å². The lowest BCUT2D eigenvalue weighted by Crippen LogP contribution is -2.41. The van der Waals surface area contributed by atoms with Crippen LogP contribution in [0, 0.1) is 5.92 Å². The molecule has 1 aromatic heterocycles. The molecule has 0 bridgehead atoms. The number of aromatic nitrogens is 1. The van der Waals surface area contributed by atoms with Crippen molar-refractivity contribution in [3.63, 3.8) is 0 Å². The third-order valence-electron chi connectivity index (χ3n) is 5.48. The molecule has 148 valence electrons. The molecule has 2 N–H and O–H groups in total. The van der Waals surface area contributed by atoms with E-state index < -0.39 is 0 Å². The molecule has 6 heteroatoms. The highest BCUT2D eigenvalue weighted by Crippen LogP contribution is 2.29. The summed E-state index contributed by atoms with van der Waals surface area (Å²) in [7, 11) is 1.65. The van der Waals surface area contributed by atoms with Crippen LogP contribution in [0.2, 0.25) is 0 Å². The van der Waals surface area contributed by atoms with Crippen LogP contribution in [0.25, 0.3) is 11.1 Å². The van der Waals surface area contributed by atoms with Crippen LogP contribution in [0.15, 0.2) is 52.9 Å². The molecule has 3 aromatic rings. The molecule has 1 saturated heterocycles. The third-order valence-corrected chi connectivity index (χ3v) is 5.48. The summed E-state index contributed by atoms with van der Waals surface area (Å²) in [5, 5.41) is 0. The second kappa shape index (κ2) is 8.52. The molecule has 0 saturated carbocycles. The number of hydrogen-bond donors (Lipinski definition) is 1. The number of para-hydroxylation sites is 4. The molecule has 1 aliphatic rings. The van der Waals surface area contributed by atoms with E-state index in [0.29, 0.717) is 18.5 Å². The maximum Gasteiger partial charge on any atom is 0.298 e. The second-order valence-electron chi connectivity index (χ2n) is 7.24. The van der Waals surface area contributed by atoms with Gasteiger partial charge in [0.25, 0.3) is 6.01 Å². The molecule has 0 spiro atoms. The zero-order chi connectivity index (χ0) is 19.3. The van der Waals surface area contributed by atoms with E-state index in [1.807, 2.05) is 48.5 Å². The molecule has 0 amide bonds. The van der Waals surface area contributed by atoms with Crippen molar-refractivity contribution in [2.24, 2.45) is 11.7 Å². The summed E-state index contributed by atoms with van der Waals surface area (Å²) in [5.41, 5.74) is 8.20. The van der Waals surface area contributed by atoms with Gasteiger partial charge in [0.2, 0.25) is 0 Å². The molecule has 1 aliphatic heterocycles. The summed E-state index contributed by atoms with van der Waals surface area (Å²) >= 11 is 0. The number of methoxy groups -OCH3 is 1. The molecule has 4 rings (SSSR count). The Hall–Kier alpha value is -2.73. The predicted molar refractivity (Wildman–Crippen MR) is 110 cm³/mol. The molecule has 2 heterocycles. The van der Waals surface area contributed by atoms with Crippen molar-refractivity contribution in [2.75, 3.05) is 31.7 Å². The first-order valence-electron chi connectivity index (χ1n) is 9.86. The Labute approximate surface area is 165 Å². The molecule has 2 aromatic carbocycles. The van der Waals surface area contributed by atoms with E-state index in [4.69, 9.17) is 19.6 Å². The van der Waals surface area contributed by atoms with Crippen LogP contribution in [-0.2, 0) is 0 Å². The number of oxazole rings is 1. The average Bonchev–Trinajstić information content (AvgIpc) is 3.18. The Balaban J connectivity index is 1.26. The van der Waals surface area contributed by atoms with Gasteiger partial charge >= 0.3 is 0 Å². The SMILES string of the molecule is COc1ccccc1OCCC(N)C1CCN(c2nc3ccccc3o2)CC1. The first-order valence-corrected chi connectivity index (χ1v) is 9.86. The molecule has 6 nitrogen and oxygen atoms in total. The maximum absolute atomic E-state index is 6.46. The molecule has 1 fully saturated rings. The van der Waals surface area contributed by atoms with Crippen LogP contribution in [0.5, 0.6) is 11.5 Å². The molecule has 0 radical (unpaired) electrons. The summed E-state index contributed by atoms with van der Waals surface area (Å²) in [6.07, 6.45) is 2.90. The summed E-state index contributed by atoms with van der Waals surface area (Å²) < 4.78 is 17.1. The van der Waals surface area contributed by atoms with E-state index in [-0.39, 0.29) is 6.04 Å². The van der Waals surface area contributed by atoms with Gasteiger partial charge in [0, 0.05) is 19.1 Å². The highest BCUT2D eigenvalue weighted by atomic mass is 16.5. The summed E-state index contributed by atoms with van der Waals surface area (Å²) in [4.78, 5) is 6.82. The zero-order valence-electron chi connectivity index (χ0n) is 16.2. The minimum absolute atomic E-state index is 0.125. The normalized spacial score (nSPS) is 16.3. The minimum atomic E-state index is 0.125. The second-order valence-corrected chi connectivity index (χ2v) is 7.24. The largest absolute Gasteiger partial charge is 0.493 e. The topological polar surface area (TPSA) is 73.8 Å². The number of hydrogen-bond acceptors (Lipinski definition) is 6. The van der Waals surface area contributed by atoms with Gasteiger partial charge in [-0.15, -0.1) is 0 Å². The van der Waals surface area contributed by atoms with Gasteiger partial charge in [-0.2, -0.15) is 4.98 Å². The van der Waals surface area contributed by atoms with Crippen molar-refractivity contribution < 1.29 is 13.9 Å². The van der Waals surface area contributed by atoms with Gasteiger partial charge in [-0.1, -0.05) is 24.3 Å². The van der Waals surface area contributed by atoms with E-state index >= 15 is 0 Å². The number of nitrogens with two attached hydrogens (primary N) is 1. The van der Waals surface area contributed by atoms with E-state index in [0.717, 1.165) is 55.0 Å². The number of ether oxygens (including phenoxy) is 2. The van der Waals surface area contributed by atoms with Crippen molar-refractivity contribution in [1.82, 2.24) is 4.98 Å². The van der Waals surface area contributed by atoms with Gasteiger partial charge in [-0.3, -0.25) is 0 Å². The first-order chi connectivity index (χ1) is 13.7. The Morgan fingerprint density at radius 2 is 1.82 bits per heavy atom. The van der Waals surface area contributed by atoms with Crippen molar-refractivity contribution >= 4 is 17.1 Å². The van der Waals surface area contributed by atoms with Gasteiger partial charge in [0.1, 0.15) is 5.52 Å².